The highest BCUT2D eigenvalue weighted by Crippen LogP contribution is 2.37. The van der Waals surface area contributed by atoms with Gasteiger partial charge in [-0.2, -0.15) is 0 Å². The molecule has 5 nitrogen and oxygen atoms in total. The molecule has 0 saturated heterocycles. The van der Waals surface area contributed by atoms with Gasteiger partial charge in [0.15, 0.2) is 0 Å². The van der Waals surface area contributed by atoms with Crippen molar-refractivity contribution >= 4 is 23.6 Å². The number of hydrogen-bond donors (Lipinski definition) is 0. The molecular weight excluding hydrogens is 436 g/mol. The number of para-hydroxylation sites is 1. The Kier molecular flexibility index (Phi) is 6.53. The molecule has 0 atom stereocenters. The van der Waals surface area contributed by atoms with Gasteiger partial charge in [-0.25, -0.2) is 4.79 Å². The van der Waals surface area contributed by atoms with E-state index in [4.69, 9.17) is 4.74 Å². The van der Waals surface area contributed by atoms with Crippen LogP contribution in [-0.2, 0) is 14.3 Å². The maximum absolute atomic E-state index is 13.7. The normalized spacial score (nSPS) is 14.9. The molecular formula is C30H32N2O3. The Balaban J connectivity index is 1.87. The number of hydrogen-bond acceptors (Lipinski definition) is 3. The fourth-order valence-electron chi connectivity index (χ4n) is 4.88. The van der Waals surface area contributed by atoms with Crippen molar-refractivity contribution in [3.05, 3.63) is 99.0 Å². The van der Waals surface area contributed by atoms with Crippen molar-refractivity contribution in [2.24, 2.45) is 0 Å². The largest absolute Gasteiger partial charge is 0.462 e. The summed E-state index contributed by atoms with van der Waals surface area (Å²) in [5.74, 6) is -0.714. The minimum absolute atomic E-state index is 0.230. The molecule has 0 radical (unpaired) electrons. The summed E-state index contributed by atoms with van der Waals surface area (Å²) < 4.78 is 7.57. The summed E-state index contributed by atoms with van der Waals surface area (Å²) >= 11 is 0. The molecule has 1 aliphatic rings. The number of carbonyl (C=O) groups is 2. The van der Waals surface area contributed by atoms with Crippen molar-refractivity contribution < 1.29 is 14.3 Å². The Morgan fingerprint density at radius 2 is 1.57 bits per heavy atom. The number of allylic oxidation sites excluding steroid dienone is 1. The number of nitrogens with zero attached hydrogens (tertiary/aromatic N) is 2. The first-order valence-electron chi connectivity index (χ1n) is 11.9. The molecule has 1 aromatic heterocycles. The number of anilines is 1. The zero-order chi connectivity index (χ0) is 25.4. The first kappa shape index (κ1) is 24.3. The second-order valence-corrected chi connectivity index (χ2v) is 9.12. The highest BCUT2D eigenvalue weighted by molar-refractivity contribution is 6.23. The lowest BCUT2D eigenvalue weighted by atomic mass is 10.0. The van der Waals surface area contributed by atoms with Gasteiger partial charge in [-0.1, -0.05) is 35.9 Å². The van der Waals surface area contributed by atoms with Crippen molar-refractivity contribution in [3.63, 3.8) is 0 Å². The van der Waals surface area contributed by atoms with Crippen LogP contribution in [0.2, 0.25) is 0 Å². The third-order valence-electron chi connectivity index (χ3n) is 6.60. The van der Waals surface area contributed by atoms with E-state index in [2.05, 4.69) is 49.6 Å². The molecule has 4 rings (SSSR count). The Morgan fingerprint density at radius 3 is 2.17 bits per heavy atom. The van der Waals surface area contributed by atoms with Crippen molar-refractivity contribution in [2.45, 2.75) is 48.5 Å². The molecule has 180 valence electrons. The Hall–Kier alpha value is -3.86. The van der Waals surface area contributed by atoms with Crippen LogP contribution in [0.1, 0.15) is 47.5 Å². The summed E-state index contributed by atoms with van der Waals surface area (Å²) in [5.41, 5.74) is 9.53. The number of ether oxygens (including phenoxy) is 1. The molecule has 3 aromatic rings. The Labute approximate surface area is 207 Å². The highest BCUT2D eigenvalue weighted by Gasteiger charge is 2.38. The first-order chi connectivity index (χ1) is 16.6. The summed E-state index contributed by atoms with van der Waals surface area (Å²) in [4.78, 5) is 28.3. The molecule has 35 heavy (non-hydrogen) atoms. The van der Waals surface area contributed by atoms with E-state index < -0.39 is 5.97 Å². The van der Waals surface area contributed by atoms with Crippen LogP contribution in [0.5, 0.6) is 0 Å². The van der Waals surface area contributed by atoms with Gasteiger partial charge >= 0.3 is 5.97 Å². The summed E-state index contributed by atoms with van der Waals surface area (Å²) in [6, 6.07) is 16.0. The number of aryl methyl sites for hydroxylation is 4. The number of esters is 1. The summed E-state index contributed by atoms with van der Waals surface area (Å²) in [7, 11) is 0. The fourth-order valence-corrected chi connectivity index (χ4v) is 4.88. The number of benzene rings is 2. The van der Waals surface area contributed by atoms with E-state index in [0.29, 0.717) is 16.8 Å². The van der Waals surface area contributed by atoms with Gasteiger partial charge in [0, 0.05) is 22.8 Å². The molecule has 0 unspecified atom stereocenters. The third kappa shape index (κ3) is 4.23. The van der Waals surface area contributed by atoms with E-state index in [-0.39, 0.29) is 12.5 Å². The topological polar surface area (TPSA) is 51.5 Å². The average Bonchev–Trinajstić information content (AvgIpc) is 3.21. The SMILES string of the molecule is CCOC(=O)C1=C(C)N(c2ccc(C)cc2)C(=O)/C1=C\c1cc(C)n(-c2c(C)cccc2C)c1C. The Morgan fingerprint density at radius 1 is 0.943 bits per heavy atom. The second-order valence-electron chi connectivity index (χ2n) is 9.12. The smallest absolute Gasteiger partial charge is 0.340 e. The van der Waals surface area contributed by atoms with Crippen molar-refractivity contribution in [3.8, 4) is 5.69 Å². The van der Waals surface area contributed by atoms with Gasteiger partial charge in [0.25, 0.3) is 5.91 Å². The quantitative estimate of drug-likeness (QED) is 0.327. The molecule has 0 bridgehead atoms. The number of rotatable bonds is 5. The van der Waals surface area contributed by atoms with Gasteiger partial charge in [0.2, 0.25) is 0 Å². The maximum atomic E-state index is 13.7. The zero-order valence-electron chi connectivity index (χ0n) is 21.5. The fraction of sp³-hybridized carbons (Fsp3) is 0.267. The van der Waals surface area contributed by atoms with Crippen LogP contribution in [0, 0.1) is 34.6 Å². The molecule has 5 heteroatoms. The number of amides is 1. The van der Waals surface area contributed by atoms with Gasteiger partial charge in [0.05, 0.1) is 23.4 Å². The molecule has 2 aromatic carbocycles. The van der Waals surface area contributed by atoms with E-state index in [9.17, 15) is 9.59 Å². The van der Waals surface area contributed by atoms with Crippen LogP contribution < -0.4 is 4.90 Å². The molecule has 1 amide bonds. The summed E-state index contributed by atoms with van der Waals surface area (Å²) in [5, 5.41) is 0. The van der Waals surface area contributed by atoms with Crippen LogP contribution >= 0.6 is 0 Å². The standard InChI is InChI=1S/C30H32N2O3/c1-8-35-30(34)27-23(7)32(25-14-12-18(2)13-15-25)29(33)26(27)17-24-16-21(5)31(22(24)6)28-19(3)10-9-11-20(28)4/h9-17H,8H2,1-7H3/b26-17-. The highest BCUT2D eigenvalue weighted by atomic mass is 16.5. The van der Waals surface area contributed by atoms with Crippen molar-refractivity contribution in [1.82, 2.24) is 4.57 Å². The molecule has 0 fully saturated rings. The molecule has 1 aliphatic heterocycles. The van der Waals surface area contributed by atoms with E-state index in [0.717, 1.165) is 33.9 Å². The minimum Gasteiger partial charge on any atom is -0.462 e. The zero-order valence-corrected chi connectivity index (χ0v) is 21.5. The van der Waals surface area contributed by atoms with Crippen molar-refractivity contribution in [1.29, 1.82) is 0 Å². The first-order valence-corrected chi connectivity index (χ1v) is 11.9. The predicted octanol–water partition coefficient (Wildman–Crippen LogP) is 6.29. The molecule has 0 aliphatic carbocycles. The van der Waals surface area contributed by atoms with Gasteiger partial charge in [-0.15, -0.1) is 0 Å². The van der Waals surface area contributed by atoms with Gasteiger partial charge in [-0.3, -0.25) is 9.69 Å². The summed E-state index contributed by atoms with van der Waals surface area (Å²) in [6.45, 7) is 14.1. The van der Waals surface area contributed by atoms with Gasteiger partial charge < -0.3 is 9.30 Å². The van der Waals surface area contributed by atoms with E-state index >= 15 is 0 Å². The van der Waals surface area contributed by atoms with Gasteiger partial charge in [0.1, 0.15) is 0 Å². The van der Waals surface area contributed by atoms with Crippen molar-refractivity contribution in [2.75, 3.05) is 11.5 Å². The second kappa shape index (κ2) is 9.41. The summed E-state index contributed by atoms with van der Waals surface area (Å²) in [6.07, 6.45) is 1.83. The van der Waals surface area contributed by atoms with Crippen LogP contribution in [0.25, 0.3) is 11.8 Å². The van der Waals surface area contributed by atoms with Crippen LogP contribution in [0.3, 0.4) is 0 Å². The van der Waals surface area contributed by atoms with Crippen LogP contribution in [0.15, 0.2) is 65.4 Å². The average molecular weight is 469 g/mol. The van der Waals surface area contributed by atoms with E-state index in [1.165, 1.54) is 11.1 Å². The lowest BCUT2D eigenvalue weighted by Crippen LogP contribution is -2.24. The van der Waals surface area contributed by atoms with Gasteiger partial charge in [-0.05, 0) is 89.4 Å². The number of aromatic nitrogens is 1. The molecule has 2 heterocycles. The van der Waals surface area contributed by atoms with E-state index in [1.54, 1.807) is 18.7 Å². The molecule has 0 N–H and O–H groups in total. The van der Waals surface area contributed by atoms with E-state index in [1.807, 2.05) is 44.2 Å². The lowest BCUT2D eigenvalue weighted by molar-refractivity contribution is -0.138. The lowest BCUT2D eigenvalue weighted by Gasteiger charge is -2.18. The monoisotopic (exact) mass is 468 g/mol. The Bertz CT molecular complexity index is 1370. The molecule has 0 saturated carbocycles. The number of carbonyl (C=O) groups excluding carboxylic acids is 2. The van der Waals surface area contributed by atoms with Crippen LogP contribution in [0.4, 0.5) is 5.69 Å². The molecule has 0 spiro atoms. The maximum Gasteiger partial charge on any atom is 0.340 e. The minimum atomic E-state index is -0.484. The van der Waals surface area contributed by atoms with Crippen LogP contribution in [-0.4, -0.2) is 23.1 Å². The third-order valence-corrected chi connectivity index (χ3v) is 6.60. The predicted molar refractivity (Wildman–Crippen MR) is 141 cm³/mol.